The highest BCUT2D eigenvalue weighted by molar-refractivity contribution is 9.12. The predicted molar refractivity (Wildman–Crippen MR) is 142 cm³/mol. The Hall–Kier alpha value is -4.18. The maximum Gasteiger partial charge on any atom is 0.352 e. The summed E-state index contributed by atoms with van der Waals surface area (Å²) < 4.78 is 9.54. The third kappa shape index (κ3) is 3.43. The standard InChI is InChI=1S/C28H22BrN3O6/c1-2-38-22-10-6-9-17(26(22)35)23-16-11-12-30-27(36)31(15-7-4-3-5-8-15)28(37)32(30)20(16)13-18-24(23)21(33)14-19(29)25(18)34/h3-11,14,20,23,35H,2,12-13H2,1H3/t20-,23-/m1/s1. The number of phenols is 1. The number of fused-ring (bicyclic) bond motifs is 3. The van der Waals surface area contributed by atoms with Crippen LogP contribution in [-0.4, -0.2) is 37.2 Å². The van der Waals surface area contributed by atoms with Crippen molar-refractivity contribution in [3.05, 3.63) is 108 Å². The van der Waals surface area contributed by atoms with Gasteiger partial charge in [-0.3, -0.25) is 9.59 Å². The topological polar surface area (TPSA) is 113 Å². The molecule has 1 aliphatic heterocycles. The van der Waals surface area contributed by atoms with E-state index in [1.807, 2.05) is 6.08 Å². The van der Waals surface area contributed by atoms with Crippen LogP contribution in [0.1, 0.15) is 30.9 Å². The Labute approximate surface area is 224 Å². The molecule has 10 heteroatoms. The molecular weight excluding hydrogens is 554 g/mol. The molecule has 0 radical (unpaired) electrons. The molecule has 2 aromatic carbocycles. The molecule has 2 atom stereocenters. The summed E-state index contributed by atoms with van der Waals surface area (Å²) in [5, 5.41) is 11.2. The molecule has 2 aliphatic carbocycles. The molecule has 1 N–H and O–H groups in total. The number of ether oxygens (including phenoxy) is 1. The van der Waals surface area contributed by atoms with E-state index in [2.05, 4.69) is 15.9 Å². The maximum atomic E-state index is 13.7. The van der Waals surface area contributed by atoms with Crippen molar-refractivity contribution >= 4 is 27.5 Å². The van der Waals surface area contributed by atoms with Crippen LogP contribution in [0.2, 0.25) is 0 Å². The van der Waals surface area contributed by atoms with Gasteiger partial charge in [0.25, 0.3) is 0 Å². The third-order valence-corrected chi connectivity index (χ3v) is 7.84. The number of nitrogens with zero attached hydrogens (tertiary/aromatic N) is 3. The number of Topliss-reactive ketones (excluding diaryl/α,β-unsaturated/α-hetero) is 1. The van der Waals surface area contributed by atoms with E-state index in [0.717, 1.165) is 4.57 Å². The number of halogens is 1. The number of benzene rings is 2. The summed E-state index contributed by atoms with van der Waals surface area (Å²) in [4.78, 5) is 53.7. The van der Waals surface area contributed by atoms with Crippen LogP contribution < -0.4 is 16.1 Å². The first-order valence-corrected chi connectivity index (χ1v) is 13.0. The molecule has 0 amide bonds. The van der Waals surface area contributed by atoms with E-state index in [1.54, 1.807) is 55.5 Å². The fraction of sp³-hybridized carbons (Fsp3) is 0.214. The number of carbonyl (C=O) groups is 2. The molecule has 0 spiro atoms. The van der Waals surface area contributed by atoms with Gasteiger partial charge in [-0.15, -0.1) is 0 Å². The van der Waals surface area contributed by atoms with Gasteiger partial charge < -0.3 is 9.84 Å². The van der Waals surface area contributed by atoms with Crippen molar-refractivity contribution < 1.29 is 19.4 Å². The lowest BCUT2D eigenvalue weighted by atomic mass is 9.68. The van der Waals surface area contributed by atoms with Gasteiger partial charge in [0.15, 0.2) is 23.1 Å². The van der Waals surface area contributed by atoms with E-state index in [9.17, 15) is 24.3 Å². The number of aromatic nitrogens is 3. The van der Waals surface area contributed by atoms with Crippen LogP contribution in [0, 0.1) is 0 Å². The summed E-state index contributed by atoms with van der Waals surface area (Å²) in [7, 11) is 0. The largest absolute Gasteiger partial charge is 0.504 e. The molecule has 3 aromatic rings. The molecule has 1 aromatic heterocycles. The normalized spacial score (nSPS) is 20.4. The molecule has 38 heavy (non-hydrogen) atoms. The zero-order valence-electron chi connectivity index (χ0n) is 20.3. The quantitative estimate of drug-likeness (QED) is 0.377. The minimum Gasteiger partial charge on any atom is -0.504 e. The van der Waals surface area contributed by atoms with Crippen molar-refractivity contribution in [1.29, 1.82) is 0 Å². The lowest BCUT2D eigenvalue weighted by Gasteiger charge is -2.39. The molecule has 6 rings (SSSR count). The molecular formula is C28H22BrN3O6. The Morgan fingerprint density at radius 2 is 1.79 bits per heavy atom. The summed E-state index contributed by atoms with van der Waals surface area (Å²) in [6, 6.07) is 12.9. The Morgan fingerprint density at radius 1 is 1.03 bits per heavy atom. The molecule has 0 bridgehead atoms. The van der Waals surface area contributed by atoms with Crippen molar-refractivity contribution in [2.45, 2.75) is 31.8 Å². The van der Waals surface area contributed by atoms with Crippen LogP contribution in [0.15, 0.2) is 91.5 Å². The van der Waals surface area contributed by atoms with Crippen LogP contribution in [0.5, 0.6) is 11.5 Å². The van der Waals surface area contributed by atoms with Crippen LogP contribution >= 0.6 is 15.9 Å². The highest BCUT2D eigenvalue weighted by atomic mass is 79.9. The molecule has 192 valence electrons. The lowest BCUT2D eigenvalue weighted by Crippen LogP contribution is -2.40. The van der Waals surface area contributed by atoms with Gasteiger partial charge in [-0.1, -0.05) is 36.4 Å². The Bertz CT molecular complexity index is 1740. The van der Waals surface area contributed by atoms with Crippen LogP contribution in [0.3, 0.4) is 0 Å². The molecule has 3 aliphatic rings. The number of hydrogen-bond donors (Lipinski definition) is 1. The predicted octanol–water partition coefficient (Wildman–Crippen LogP) is 3.30. The summed E-state index contributed by atoms with van der Waals surface area (Å²) in [5.74, 6) is -1.42. The van der Waals surface area contributed by atoms with Crippen LogP contribution in [-0.2, 0) is 16.1 Å². The molecule has 9 nitrogen and oxygen atoms in total. The van der Waals surface area contributed by atoms with E-state index in [4.69, 9.17) is 4.74 Å². The average molecular weight is 576 g/mol. The summed E-state index contributed by atoms with van der Waals surface area (Å²) >= 11 is 3.20. The van der Waals surface area contributed by atoms with E-state index >= 15 is 0 Å². The number of allylic oxidation sites excluding steroid dienone is 6. The number of hydrogen-bond acceptors (Lipinski definition) is 6. The zero-order valence-corrected chi connectivity index (χ0v) is 21.8. The minimum atomic E-state index is -0.812. The Kier molecular flexibility index (Phi) is 5.71. The second-order valence-corrected chi connectivity index (χ2v) is 10.1. The van der Waals surface area contributed by atoms with Gasteiger partial charge in [-0.25, -0.2) is 23.5 Å². The molecule has 0 fully saturated rings. The summed E-state index contributed by atoms with van der Waals surface area (Å²) in [6.45, 7) is 2.21. The smallest absolute Gasteiger partial charge is 0.352 e. The highest BCUT2D eigenvalue weighted by Gasteiger charge is 2.46. The fourth-order valence-corrected chi connectivity index (χ4v) is 6.12. The Balaban J connectivity index is 1.60. The van der Waals surface area contributed by atoms with Gasteiger partial charge in [-0.05, 0) is 46.6 Å². The fourth-order valence-electron chi connectivity index (χ4n) is 5.68. The first kappa shape index (κ1) is 24.2. The number of carbonyl (C=O) groups excluding carboxylic acids is 2. The number of rotatable bonds is 4. The number of para-hydroxylation sites is 2. The third-order valence-electron chi connectivity index (χ3n) is 7.25. The van der Waals surface area contributed by atoms with Crippen molar-refractivity contribution in [2.24, 2.45) is 0 Å². The first-order valence-electron chi connectivity index (χ1n) is 12.2. The number of ketones is 2. The van der Waals surface area contributed by atoms with Gasteiger partial charge in [-0.2, -0.15) is 0 Å². The molecule has 2 heterocycles. The van der Waals surface area contributed by atoms with Crippen LogP contribution in [0.4, 0.5) is 0 Å². The highest BCUT2D eigenvalue weighted by Crippen LogP contribution is 2.52. The summed E-state index contributed by atoms with van der Waals surface area (Å²) in [6.07, 6.45) is 3.11. The van der Waals surface area contributed by atoms with E-state index in [-0.39, 0.29) is 51.7 Å². The number of aromatic hydroxyl groups is 1. The molecule has 0 unspecified atom stereocenters. The van der Waals surface area contributed by atoms with E-state index < -0.39 is 23.3 Å². The van der Waals surface area contributed by atoms with E-state index in [0.29, 0.717) is 23.4 Å². The van der Waals surface area contributed by atoms with Crippen molar-refractivity contribution in [2.75, 3.05) is 6.61 Å². The van der Waals surface area contributed by atoms with Crippen LogP contribution in [0.25, 0.3) is 5.69 Å². The van der Waals surface area contributed by atoms with Crippen molar-refractivity contribution in [3.63, 3.8) is 0 Å². The first-order chi connectivity index (χ1) is 18.3. The molecule has 0 saturated heterocycles. The van der Waals surface area contributed by atoms with Crippen molar-refractivity contribution in [3.8, 4) is 17.2 Å². The van der Waals surface area contributed by atoms with Crippen molar-refractivity contribution in [1.82, 2.24) is 13.9 Å². The second-order valence-electron chi connectivity index (χ2n) is 9.22. The summed E-state index contributed by atoms with van der Waals surface area (Å²) in [5.41, 5.74) is 0.944. The van der Waals surface area contributed by atoms with E-state index in [1.165, 1.54) is 15.4 Å². The SMILES string of the molecule is CCOc1cccc([C@H]2C3=CCn4c(=O)n(-c5ccccc5)c(=O)n4[C@@H]3CC3=C2C(=O)C=C(Br)C3=O)c1O. The zero-order chi connectivity index (χ0) is 26.7. The maximum absolute atomic E-state index is 13.7. The van der Waals surface area contributed by atoms with Gasteiger partial charge in [0.2, 0.25) is 0 Å². The number of phenolic OH excluding ortho intramolecular Hbond substituents is 1. The van der Waals surface area contributed by atoms with Gasteiger partial charge >= 0.3 is 11.4 Å². The second kappa shape index (κ2) is 8.98. The lowest BCUT2D eigenvalue weighted by molar-refractivity contribution is -0.115. The molecule has 0 saturated carbocycles. The van der Waals surface area contributed by atoms with Gasteiger partial charge in [0, 0.05) is 35.1 Å². The van der Waals surface area contributed by atoms with Gasteiger partial charge in [0.05, 0.1) is 29.4 Å². The average Bonchev–Trinajstić information content (AvgIpc) is 3.18. The minimum absolute atomic E-state index is 0.0508. The monoisotopic (exact) mass is 575 g/mol. The Morgan fingerprint density at radius 3 is 2.53 bits per heavy atom. The van der Waals surface area contributed by atoms with Gasteiger partial charge in [0.1, 0.15) is 0 Å².